The minimum atomic E-state index is 0.139. The topological polar surface area (TPSA) is 17.1 Å². The van der Waals surface area contributed by atoms with Crippen LogP contribution in [0.5, 0.6) is 0 Å². The molecule has 2 aliphatic rings. The third kappa shape index (κ3) is 0.984. The van der Waals surface area contributed by atoms with E-state index < -0.39 is 0 Å². The lowest BCUT2D eigenvalue weighted by atomic mass is 10.1. The molecule has 1 nitrogen and oxygen atoms in total. The molecule has 0 unspecified atom stereocenters. The molecule has 0 aromatic heterocycles. The van der Waals surface area contributed by atoms with Crippen LogP contribution in [0.1, 0.15) is 6.42 Å². The first-order valence-corrected chi connectivity index (χ1v) is 3.67. The fourth-order valence-electron chi connectivity index (χ4n) is 1.31. The van der Waals surface area contributed by atoms with Crippen LogP contribution >= 0.6 is 0 Å². The smallest absolute Gasteiger partial charge is 0.186 e. The van der Waals surface area contributed by atoms with Gasteiger partial charge in [0, 0.05) is 5.57 Å². The Balaban J connectivity index is 2.46. The molecule has 0 spiro atoms. The lowest BCUT2D eigenvalue weighted by Crippen LogP contribution is -1.91. The molecule has 0 heterocycles. The summed E-state index contributed by atoms with van der Waals surface area (Å²) < 4.78 is 0. The zero-order valence-corrected chi connectivity index (χ0v) is 6.08. The summed E-state index contributed by atoms with van der Waals surface area (Å²) in [4.78, 5) is 11.1. The van der Waals surface area contributed by atoms with Gasteiger partial charge in [0.1, 0.15) is 0 Å². The summed E-state index contributed by atoms with van der Waals surface area (Å²) in [6.45, 7) is 0. The van der Waals surface area contributed by atoms with Gasteiger partial charge in [-0.25, -0.2) is 0 Å². The van der Waals surface area contributed by atoms with E-state index in [0.717, 1.165) is 17.6 Å². The molecule has 2 rings (SSSR count). The van der Waals surface area contributed by atoms with Gasteiger partial charge in [0.15, 0.2) is 5.78 Å². The Bertz CT molecular complexity index is 314. The molecule has 1 heteroatoms. The van der Waals surface area contributed by atoms with Crippen LogP contribution < -0.4 is 0 Å². The van der Waals surface area contributed by atoms with Crippen LogP contribution in [0.2, 0.25) is 0 Å². The summed E-state index contributed by atoms with van der Waals surface area (Å²) in [6, 6.07) is 0. The first-order valence-electron chi connectivity index (χ1n) is 3.67. The van der Waals surface area contributed by atoms with Gasteiger partial charge in [-0.15, -0.1) is 0 Å². The van der Waals surface area contributed by atoms with Crippen molar-refractivity contribution in [3.63, 3.8) is 0 Å². The van der Waals surface area contributed by atoms with Gasteiger partial charge in [-0.1, -0.05) is 30.4 Å². The highest BCUT2D eigenvalue weighted by molar-refractivity contribution is 6.10. The number of hydrogen-bond acceptors (Lipinski definition) is 1. The van der Waals surface area contributed by atoms with Crippen molar-refractivity contribution in [3.05, 3.63) is 47.6 Å². The van der Waals surface area contributed by atoms with Gasteiger partial charge in [0.2, 0.25) is 0 Å². The van der Waals surface area contributed by atoms with Crippen LogP contribution in [-0.4, -0.2) is 5.78 Å². The summed E-state index contributed by atoms with van der Waals surface area (Å²) in [5, 5.41) is 0. The van der Waals surface area contributed by atoms with E-state index in [9.17, 15) is 4.79 Å². The lowest BCUT2D eigenvalue weighted by Gasteiger charge is -1.93. The van der Waals surface area contributed by atoms with E-state index in [1.807, 2.05) is 24.3 Å². The number of allylic oxidation sites excluding steroid dienone is 8. The molecule has 11 heavy (non-hydrogen) atoms. The average Bonchev–Trinajstić information content (AvgIpc) is 2.25. The Morgan fingerprint density at radius 3 is 2.91 bits per heavy atom. The second-order valence-corrected chi connectivity index (χ2v) is 2.63. The van der Waals surface area contributed by atoms with Crippen LogP contribution in [0.4, 0.5) is 0 Å². The highest BCUT2D eigenvalue weighted by atomic mass is 16.1. The maximum Gasteiger partial charge on any atom is 0.186 e. The SMILES string of the molecule is O=C1C=CC2=C1C=CC=CC2. The Morgan fingerprint density at radius 1 is 1.09 bits per heavy atom. The van der Waals surface area contributed by atoms with E-state index in [-0.39, 0.29) is 5.78 Å². The summed E-state index contributed by atoms with van der Waals surface area (Å²) in [5.74, 6) is 0.139. The number of rotatable bonds is 0. The molecule has 54 valence electrons. The number of carbonyl (C=O) groups is 1. The van der Waals surface area contributed by atoms with Gasteiger partial charge in [-0.05, 0) is 18.1 Å². The van der Waals surface area contributed by atoms with Crippen LogP contribution in [-0.2, 0) is 4.79 Å². The molecule has 0 radical (unpaired) electrons. The predicted octanol–water partition coefficient (Wildman–Crippen LogP) is 1.94. The monoisotopic (exact) mass is 144 g/mol. The highest BCUT2D eigenvalue weighted by Gasteiger charge is 2.14. The lowest BCUT2D eigenvalue weighted by molar-refractivity contribution is -0.110. The number of ketones is 1. The van der Waals surface area contributed by atoms with E-state index in [2.05, 4.69) is 6.08 Å². The fraction of sp³-hybridized carbons (Fsp3) is 0.100. The molecule has 0 amide bonds. The Labute approximate surface area is 65.4 Å². The molecule has 0 aromatic carbocycles. The van der Waals surface area contributed by atoms with E-state index in [1.54, 1.807) is 6.08 Å². The van der Waals surface area contributed by atoms with Crippen molar-refractivity contribution in [1.29, 1.82) is 0 Å². The van der Waals surface area contributed by atoms with Crippen LogP contribution in [0.25, 0.3) is 0 Å². The molecule has 0 atom stereocenters. The van der Waals surface area contributed by atoms with E-state index in [1.165, 1.54) is 0 Å². The minimum Gasteiger partial charge on any atom is -0.289 e. The molecule has 0 aromatic rings. The van der Waals surface area contributed by atoms with Crippen LogP contribution in [0.3, 0.4) is 0 Å². The third-order valence-corrected chi connectivity index (χ3v) is 1.90. The molecular weight excluding hydrogens is 136 g/mol. The summed E-state index contributed by atoms with van der Waals surface area (Å²) in [7, 11) is 0. The normalized spacial score (nSPS) is 20.9. The van der Waals surface area contributed by atoms with Crippen molar-refractivity contribution in [2.45, 2.75) is 6.42 Å². The number of carbonyl (C=O) groups excluding carboxylic acids is 1. The molecule has 0 saturated heterocycles. The Kier molecular flexibility index (Phi) is 1.35. The zero-order chi connectivity index (χ0) is 7.68. The zero-order valence-electron chi connectivity index (χ0n) is 6.08. The molecule has 0 bridgehead atoms. The fourth-order valence-corrected chi connectivity index (χ4v) is 1.31. The first-order chi connectivity index (χ1) is 5.38. The molecule has 0 saturated carbocycles. The van der Waals surface area contributed by atoms with Crippen molar-refractivity contribution >= 4 is 5.78 Å². The van der Waals surface area contributed by atoms with E-state index >= 15 is 0 Å². The Hall–Kier alpha value is -1.37. The highest BCUT2D eigenvalue weighted by Crippen LogP contribution is 2.22. The van der Waals surface area contributed by atoms with Gasteiger partial charge < -0.3 is 0 Å². The van der Waals surface area contributed by atoms with Gasteiger partial charge in [0.25, 0.3) is 0 Å². The van der Waals surface area contributed by atoms with Gasteiger partial charge in [-0.3, -0.25) is 4.79 Å². The summed E-state index contributed by atoms with van der Waals surface area (Å²) in [6.07, 6.45) is 12.2. The predicted molar refractivity (Wildman–Crippen MR) is 44.1 cm³/mol. The van der Waals surface area contributed by atoms with Crippen LogP contribution in [0, 0.1) is 0 Å². The average molecular weight is 144 g/mol. The second kappa shape index (κ2) is 2.35. The molecule has 0 N–H and O–H groups in total. The quantitative estimate of drug-likeness (QED) is 0.507. The van der Waals surface area contributed by atoms with Crippen molar-refractivity contribution in [2.75, 3.05) is 0 Å². The number of hydrogen-bond donors (Lipinski definition) is 0. The van der Waals surface area contributed by atoms with Gasteiger partial charge in [-0.2, -0.15) is 0 Å². The van der Waals surface area contributed by atoms with E-state index in [0.29, 0.717) is 0 Å². The van der Waals surface area contributed by atoms with Gasteiger partial charge >= 0.3 is 0 Å². The van der Waals surface area contributed by atoms with Gasteiger partial charge in [0.05, 0.1) is 0 Å². The molecule has 2 aliphatic carbocycles. The van der Waals surface area contributed by atoms with Crippen LogP contribution in [0.15, 0.2) is 47.6 Å². The van der Waals surface area contributed by atoms with E-state index in [4.69, 9.17) is 0 Å². The van der Waals surface area contributed by atoms with Crippen molar-refractivity contribution in [2.24, 2.45) is 0 Å². The maximum absolute atomic E-state index is 11.1. The maximum atomic E-state index is 11.1. The molecular formula is C10H8O. The van der Waals surface area contributed by atoms with Crippen molar-refractivity contribution < 1.29 is 4.79 Å². The standard InChI is InChI=1S/C10H8O/c11-10-7-6-8-4-2-1-3-5-9(8)10/h1-3,5-7H,4H2. The Morgan fingerprint density at radius 2 is 2.00 bits per heavy atom. The first kappa shape index (κ1) is 6.35. The summed E-state index contributed by atoms with van der Waals surface area (Å²) in [5.41, 5.74) is 2.00. The minimum absolute atomic E-state index is 0.139. The third-order valence-electron chi connectivity index (χ3n) is 1.90. The largest absolute Gasteiger partial charge is 0.289 e. The van der Waals surface area contributed by atoms with Crippen molar-refractivity contribution in [3.8, 4) is 0 Å². The second-order valence-electron chi connectivity index (χ2n) is 2.63. The summed E-state index contributed by atoms with van der Waals surface area (Å²) >= 11 is 0. The molecule has 0 fully saturated rings. The van der Waals surface area contributed by atoms with Crippen molar-refractivity contribution in [1.82, 2.24) is 0 Å². The molecule has 0 aliphatic heterocycles.